The van der Waals surface area contributed by atoms with Gasteiger partial charge in [0.1, 0.15) is 5.82 Å². The van der Waals surface area contributed by atoms with E-state index in [9.17, 15) is 14.0 Å². The zero-order valence-electron chi connectivity index (χ0n) is 13.8. The number of carbonyl (C=O) groups excluding carboxylic acids is 2. The molecule has 0 radical (unpaired) electrons. The van der Waals surface area contributed by atoms with Crippen LogP contribution in [0.15, 0.2) is 47.4 Å². The van der Waals surface area contributed by atoms with Gasteiger partial charge in [-0.05, 0) is 42.7 Å². The van der Waals surface area contributed by atoms with Gasteiger partial charge >= 0.3 is 0 Å². The molecule has 0 saturated heterocycles. The van der Waals surface area contributed by atoms with E-state index in [0.29, 0.717) is 18.7 Å². The molecule has 1 heterocycles. The number of carbonyl (C=O) groups is 2. The number of benzene rings is 2. The van der Waals surface area contributed by atoms with Crippen molar-refractivity contribution in [1.29, 1.82) is 0 Å². The first kappa shape index (κ1) is 17.5. The zero-order chi connectivity index (χ0) is 17.8. The molecule has 0 saturated carbocycles. The van der Waals surface area contributed by atoms with Crippen molar-refractivity contribution in [3.05, 3.63) is 65.0 Å². The van der Waals surface area contributed by atoms with Crippen molar-refractivity contribution in [2.24, 2.45) is 0 Å². The SMILES string of the molecule is Cc1ccc(C(=O)NCCNC(=O)C2Cc3ccccc3S2)cc1F. The van der Waals surface area contributed by atoms with E-state index in [1.807, 2.05) is 24.3 Å². The molecule has 6 heteroatoms. The summed E-state index contributed by atoms with van der Waals surface area (Å²) >= 11 is 1.57. The van der Waals surface area contributed by atoms with Gasteiger partial charge in [0, 0.05) is 23.5 Å². The summed E-state index contributed by atoms with van der Waals surface area (Å²) in [7, 11) is 0. The molecule has 2 aromatic rings. The van der Waals surface area contributed by atoms with Crippen LogP contribution >= 0.6 is 11.8 Å². The van der Waals surface area contributed by atoms with Crippen molar-refractivity contribution in [2.45, 2.75) is 23.5 Å². The zero-order valence-corrected chi connectivity index (χ0v) is 14.7. The lowest BCUT2D eigenvalue weighted by Gasteiger charge is -2.11. The maximum atomic E-state index is 13.5. The predicted molar refractivity (Wildman–Crippen MR) is 96.3 cm³/mol. The lowest BCUT2D eigenvalue weighted by molar-refractivity contribution is -0.120. The van der Waals surface area contributed by atoms with E-state index in [-0.39, 0.29) is 22.6 Å². The number of halogens is 1. The number of nitrogens with one attached hydrogen (secondary N) is 2. The van der Waals surface area contributed by atoms with Crippen LogP contribution in [0, 0.1) is 12.7 Å². The van der Waals surface area contributed by atoms with Gasteiger partial charge in [-0.1, -0.05) is 24.3 Å². The summed E-state index contributed by atoms with van der Waals surface area (Å²) in [6.07, 6.45) is 0.724. The molecule has 0 fully saturated rings. The summed E-state index contributed by atoms with van der Waals surface area (Å²) in [4.78, 5) is 25.3. The van der Waals surface area contributed by atoms with E-state index in [1.54, 1.807) is 30.8 Å². The van der Waals surface area contributed by atoms with E-state index in [1.165, 1.54) is 11.6 Å². The fraction of sp³-hybridized carbons (Fsp3) is 0.263. The predicted octanol–water partition coefficient (Wildman–Crippen LogP) is 2.70. The van der Waals surface area contributed by atoms with Crippen LogP contribution in [0.2, 0.25) is 0 Å². The molecule has 2 N–H and O–H groups in total. The average molecular weight is 358 g/mol. The van der Waals surface area contributed by atoms with Crippen LogP contribution in [-0.4, -0.2) is 30.2 Å². The number of hydrogen-bond acceptors (Lipinski definition) is 3. The van der Waals surface area contributed by atoms with Crippen molar-refractivity contribution in [2.75, 3.05) is 13.1 Å². The summed E-state index contributed by atoms with van der Waals surface area (Å²) in [6.45, 7) is 2.28. The maximum absolute atomic E-state index is 13.5. The van der Waals surface area contributed by atoms with Gasteiger partial charge in [0.2, 0.25) is 5.91 Å². The quantitative estimate of drug-likeness (QED) is 0.808. The second-order valence-corrected chi connectivity index (χ2v) is 7.17. The highest BCUT2D eigenvalue weighted by Crippen LogP contribution is 2.36. The van der Waals surface area contributed by atoms with Gasteiger partial charge in [-0.3, -0.25) is 9.59 Å². The molecular formula is C19H19FN2O2S. The van der Waals surface area contributed by atoms with E-state index in [2.05, 4.69) is 10.6 Å². The normalized spacial score (nSPS) is 15.5. The third-order valence-electron chi connectivity index (χ3n) is 4.08. The molecule has 130 valence electrons. The monoisotopic (exact) mass is 358 g/mol. The molecule has 2 amide bonds. The van der Waals surface area contributed by atoms with E-state index < -0.39 is 5.82 Å². The third kappa shape index (κ3) is 4.20. The first-order chi connectivity index (χ1) is 12.0. The number of thioether (sulfide) groups is 1. The summed E-state index contributed by atoms with van der Waals surface area (Å²) < 4.78 is 13.5. The molecule has 1 unspecified atom stereocenters. The second kappa shape index (κ2) is 7.70. The average Bonchev–Trinajstić information content (AvgIpc) is 3.05. The van der Waals surface area contributed by atoms with E-state index in [0.717, 1.165) is 11.3 Å². The van der Waals surface area contributed by atoms with Gasteiger partial charge < -0.3 is 10.6 Å². The molecule has 0 bridgehead atoms. The molecule has 1 aliphatic heterocycles. The lowest BCUT2D eigenvalue weighted by Crippen LogP contribution is -2.38. The Morgan fingerprint density at radius 1 is 1.16 bits per heavy atom. The Balaban J connectivity index is 1.42. The van der Waals surface area contributed by atoms with E-state index >= 15 is 0 Å². The van der Waals surface area contributed by atoms with Gasteiger partial charge in [0.05, 0.1) is 5.25 Å². The molecule has 3 rings (SSSR count). The summed E-state index contributed by atoms with van der Waals surface area (Å²) in [5.74, 6) is -0.786. The Morgan fingerprint density at radius 3 is 2.68 bits per heavy atom. The first-order valence-electron chi connectivity index (χ1n) is 8.11. The Hall–Kier alpha value is -2.34. The Kier molecular flexibility index (Phi) is 5.38. The number of hydrogen-bond donors (Lipinski definition) is 2. The lowest BCUT2D eigenvalue weighted by atomic mass is 10.1. The molecule has 25 heavy (non-hydrogen) atoms. The third-order valence-corrected chi connectivity index (χ3v) is 5.40. The molecule has 0 spiro atoms. The van der Waals surface area contributed by atoms with Crippen LogP contribution in [0.1, 0.15) is 21.5 Å². The Bertz CT molecular complexity index is 785. The minimum absolute atomic E-state index is 0.0307. The summed E-state index contributed by atoms with van der Waals surface area (Å²) in [5.41, 5.74) is 1.97. The minimum Gasteiger partial charge on any atom is -0.353 e. The standard InChI is InChI=1S/C19H19FN2O2S/c1-12-6-7-14(10-15(12)20)18(23)21-8-9-22-19(24)17-11-13-4-2-3-5-16(13)25-17/h2-7,10,17H,8-9,11H2,1H3,(H,21,23)(H,22,24). The fourth-order valence-electron chi connectivity index (χ4n) is 2.64. The van der Waals surface area contributed by atoms with Crippen molar-refractivity contribution in [1.82, 2.24) is 10.6 Å². The molecular weight excluding hydrogens is 339 g/mol. The molecule has 1 aliphatic rings. The minimum atomic E-state index is -0.404. The van der Waals surface area contributed by atoms with Gasteiger partial charge in [-0.2, -0.15) is 0 Å². The molecule has 0 aliphatic carbocycles. The van der Waals surface area contributed by atoms with Crippen molar-refractivity contribution >= 4 is 23.6 Å². The van der Waals surface area contributed by atoms with Crippen LogP contribution in [0.25, 0.3) is 0 Å². The van der Waals surface area contributed by atoms with Crippen LogP contribution in [0.4, 0.5) is 4.39 Å². The number of fused-ring (bicyclic) bond motifs is 1. The van der Waals surface area contributed by atoms with Crippen LogP contribution in [0.5, 0.6) is 0 Å². The largest absolute Gasteiger partial charge is 0.353 e. The van der Waals surface area contributed by atoms with E-state index in [4.69, 9.17) is 0 Å². The van der Waals surface area contributed by atoms with Crippen LogP contribution < -0.4 is 10.6 Å². The Morgan fingerprint density at radius 2 is 1.92 bits per heavy atom. The number of amides is 2. The van der Waals surface area contributed by atoms with Gasteiger partial charge in [-0.15, -0.1) is 11.8 Å². The topological polar surface area (TPSA) is 58.2 Å². The number of rotatable bonds is 5. The highest BCUT2D eigenvalue weighted by atomic mass is 32.2. The van der Waals surface area contributed by atoms with Crippen molar-refractivity contribution in [3.63, 3.8) is 0 Å². The number of aryl methyl sites for hydroxylation is 1. The molecule has 1 atom stereocenters. The van der Waals surface area contributed by atoms with Gasteiger partial charge in [0.25, 0.3) is 5.91 Å². The van der Waals surface area contributed by atoms with Crippen molar-refractivity contribution in [3.8, 4) is 0 Å². The highest BCUT2D eigenvalue weighted by molar-refractivity contribution is 8.01. The molecule has 0 aromatic heterocycles. The molecule has 2 aromatic carbocycles. The van der Waals surface area contributed by atoms with Gasteiger partial charge in [-0.25, -0.2) is 4.39 Å². The molecule has 4 nitrogen and oxygen atoms in total. The highest BCUT2D eigenvalue weighted by Gasteiger charge is 2.27. The smallest absolute Gasteiger partial charge is 0.251 e. The van der Waals surface area contributed by atoms with Crippen LogP contribution in [0.3, 0.4) is 0 Å². The first-order valence-corrected chi connectivity index (χ1v) is 8.99. The maximum Gasteiger partial charge on any atom is 0.251 e. The summed E-state index contributed by atoms with van der Waals surface area (Å²) in [6, 6.07) is 12.4. The van der Waals surface area contributed by atoms with Crippen molar-refractivity contribution < 1.29 is 14.0 Å². The van der Waals surface area contributed by atoms with Crippen LogP contribution in [-0.2, 0) is 11.2 Å². The second-order valence-electron chi connectivity index (χ2n) is 5.93. The van der Waals surface area contributed by atoms with Gasteiger partial charge in [0.15, 0.2) is 0 Å². The Labute approximate surface area is 150 Å². The fourth-order valence-corrected chi connectivity index (χ4v) is 3.86. The summed E-state index contributed by atoms with van der Waals surface area (Å²) in [5, 5.41) is 5.39.